The molecule has 9 heteroatoms. The van der Waals surface area contributed by atoms with Crippen molar-refractivity contribution in [1.29, 1.82) is 0 Å². The van der Waals surface area contributed by atoms with Crippen molar-refractivity contribution >= 4 is 23.2 Å². The van der Waals surface area contributed by atoms with Crippen molar-refractivity contribution in [2.24, 2.45) is 0 Å². The first kappa shape index (κ1) is 18.0. The summed E-state index contributed by atoms with van der Waals surface area (Å²) in [7, 11) is 0. The molecule has 4 aromatic rings. The van der Waals surface area contributed by atoms with Crippen molar-refractivity contribution in [3.8, 4) is 11.3 Å². The van der Waals surface area contributed by atoms with Crippen LogP contribution in [0.2, 0.25) is 0 Å². The summed E-state index contributed by atoms with van der Waals surface area (Å²) in [6.45, 7) is 3.39. The summed E-state index contributed by atoms with van der Waals surface area (Å²) in [6.07, 6.45) is 6.71. The first-order chi connectivity index (χ1) is 14.7. The van der Waals surface area contributed by atoms with E-state index in [1.165, 1.54) is 0 Å². The average molecular weight is 400 g/mol. The third-order valence-electron chi connectivity index (χ3n) is 5.11. The van der Waals surface area contributed by atoms with Crippen LogP contribution < -0.4 is 5.32 Å². The largest absolute Gasteiger partial charge is 0.338 e. The second-order valence-electron chi connectivity index (χ2n) is 7.02. The molecule has 1 aliphatic rings. The number of hydrogen-bond acceptors (Lipinski definition) is 6. The summed E-state index contributed by atoms with van der Waals surface area (Å²) in [4.78, 5) is 23.6. The Morgan fingerprint density at radius 2 is 2.00 bits per heavy atom. The van der Waals surface area contributed by atoms with Gasteiger partial charge in [0.15, 0.2) is 5.69 Å². The molecule has 0 saturated carbocycles. The molecule has 0 bridgehead atoms. The van der Waals surface area contributed by atoms with Gasteiger partial charge in [-0.3, -0.25) is 14.3 Å². The van der Waals surface area contributed by atoms with Gasteiger partial charge in [0.2, 0.25) is 5.78 Å². The molecule has 0 aliphatic carbocycles. The van der Waals surface area contributed by atoms with Crippen LogP contribution in [-0.4, -0.2) is 53.7 Å². The number of fused-ring (bicyclic) bond motifs is 1. The summed E-state index contributed by atoms with van der Waals surface area (Å²) in [6, 6.07) is 11.8. The summed E-state index contributed by atoms with van der Waals surface area (Å²) in [5.74, 6) is 1.09. The number of hydrogen-bond donors (Lipinski definition) is 2. The Bertz CT molecular complexity index is 1240. The number of likely N-dealkylation sites (tertiary alicyclic amines) is 1. The smallest absolute Gasteiger partial charge is 0.274 e. The number of anilines is 1. The molecule has 150 valence electrons. The minimum Gasteiger partial charge on any atom is -0.338 e. The van der Waals surface area contributed by atoms with E-state index in [9.17, 15) is 4.79 Å². The van der Waals surface area contributed by atoms with Crippen molar-refractivity contribution < 1.29 is 4.79 Å². The number of imidazole rings is 1. The Morgan fingerprint density at radius 1 is 1.17 bits per heavy atom. The lowest BCUT2D eigenvalue weighted by Crippen LogP contribution is -2.42. The van der Waals surface area contributed by atoms with Gasteiger partial charge in [-0.1, -0.05) is 41.6 Å². The molecule has 1 amide bonds. The van der Waals surface area contributed by atoms with Crippen molar-refractivity contribution in [2.75, 3.05) is 18.4 Å². The van der Waals surface area contributed by atoms with Crippen LogP contribution in [0.4, 0.5) is 5.82 Å². The fraction of sp³-hybridized carbons (Fsp3) is 0.190. The normalized spacial score (nSPS) is 14.0. The third-order valence-corrected chi connectivity index (χ3v) is 5.11. The lowest BCUT2D eigenvalue weighted by molar-refractivity contribution is 0.0645. The first-order valence-electron chi connectivity index (χ1n) is 9.78. The van der Waals surface area contributed by atoms with Gasteiger partial charge in [-0.25, -0.2) is 4.98 Å². The molecule has 1 aliphatic heterocycles. The van der Waals surface area contributed by atoms with Gasteiger partial charge in [-0.15, -0.1) is 5.10 Å². The summed E-state index contributed by atoms with van der Waals surface area (Å²) in [5, 5.41) is 13.9. The average Bonchev–Trinajstić information content (AvgIpc) is 3.38. The predicted molar refractivity (Wildman–Crippen MR) is 113 cm³/mol. The molecule has 5 rings (SSSR count). The lowest BCUT2D eigenvalue weighted by atomic mass is 10.1. The van der Waals surface area contributed by atoms with Gasteiger partial charge in [0.25, 0.3) is 5.91 Å². The van der Waals surface area contributed by atoms with E-state index in [-0.39, 0.29) is 5.91 Å². The van der Waals surface area contributed by atoms with Crippen LogP contribution in [0, 0.1) is 0 Å². The van der Waals surface area contributed by atoms with Crippen LogP contribution in [0.1, 0.15) is 29.5 Å². The van der Waals surface area contributed by atoms with Crippen LogP contribution >= 0.6 is 0 Å². The summed E-state index contributed by atoms with van der Waals surface area (Å²) < 4.78 is 1.87. The highest BCUT2D eigenvalue weighted by atomic mass is 16.2. The minimum atomic E-state index is -0.0911. The number of H-pyrrole nitrogens is 1. The van der Waals surface area contributed by atoms with Crippen molar-refractivity contribution in [1.82, 2.24) is 34.7 Å². The number of nitrogens with one attached hydrogen (secondary N) is 2. The number of benzene rings is 1. The molecule has 1 fully saturated rings. The highest BCUT2D eigenvalue weighted by Gasteiger charge is 2.27. The monoisotopic (exact) mass is 400 g/mol. The maximum atomic E-state index is 12.6. The van der Waals surface area contributed by atoms with Gasteiger partial charge in [0.05, 0.1) is 11.4 Å². The third kappa shape index (κ3) is 3.20. The van der Waals surface area contributed by atoms with Gasteiger partial charge in [-0.05, 0) is 19.4 Å². The maximum Gasteiger partial charge on any atom is 0.274 e. The van der Waals surface area contributed by atoms with E-state index >= 15 is 0 Å². The lowest BCUT2D eigenvalue weighted by Gasteiger charge is -2.30. The summed E-state index contributed by atoms with van der Waals surface area (Å²) >= 11 is 0. The highest BCUT2D eigenvalue weighted by Crippen LogP contribution is 2.22. The second kappa shape index (κ2) is 7.43. The fourth-order valence-electron chi connectivity index (χ4n) is 3.34. The zero-order valence-corrected chi connectivity index (χ0v) is 16.4. The molecule has 4 heterocycles. The minimum absolute atomic E-state index is 0.0911. The molecule has 3 aromatic heterocycles. The molecule has 0 spiro atoms. The quantitative estimate of drug-likeness (QED) is 0.534. The van der Waals surface area contributed by atoms with Crippen molar-refractivity contribution in [2.45, 2.75) is 13.3 Å². The molecule has 0 unspecified atom stereocenters. The number of nitrogens with zero attached hydrogens (tertiary/aromatic N) is 6. The molecule has 1 saturated heterocycles. The number of allylic oxidation sites excluding steroid dienone is 1. The van der Waals surface area contributed by atoms with E-state index in [4.69, 9.17) is 0 Å². The van der Waals surface area contributed by atoms with Crippen LogP contribution in [0.15, 0.2) is 54.9 Å². The van der Waals surface area contributed by atoms with Crippen LogP contribution in [0.25, 0.3) is 22.7 Å². The Kier molecular flexibility index (Phi) is 4.47. The Hall–Kier alpha value is -4.01. The standard InChI is InChI=1S/C21H20N8O/c1-2-15(18-19(26-27-25-18)20(30)28-10-6-11-28)22-17-9-12-29-13-16(23-21(29)24-17)14-7-4-3-5-8-14/h2-5,7-9,12-13H,6,10-11H2,1H3,(H,22,23,24)(H,25,26,27). The molecule has 9 nitrogen and oxygen atoms in total. The van der Waals surface area contributed by atoms with Crippen LogP contribution in [0.5, 0.6) is 0 Å². The number of rotatable bonds is 5. The van der Waals surface area contributed by atoms with Gasteiger partial charge < -0.3 is 10.2 Å². The number of aromatic amines is 1. The van der Waals surface area contributed by atoms with E-state index in [2.05, 4.69) is 30.7 Å². The Labute approximate surface area is 172 Å². The van der Waals surface area contributed by atoms with Crippen molar-refractivity contribution in [3.05, 3.63) is 66.3 Å². The van der Waals surface area contributed by atoms with E-state index in [0.29, 0.717) is 28.7 Å². The van der Waals surface area contributed by atoms with Crippen LogP contribution in [-0.2, 0) is 0 Å². The maximum absolute atomic E-state index is 12.6. The van der Waals surface area contributed by atoms with E-state index in [1.807, 2.05) is 66.2 Å². The molecular weight excluding hydrogens is 380 g/mol. The molecule has 0 radical (unpaired) electrons. The van der Waals surface area contributed by atoms with Gasteiger partial charge in [0.1, 0.15) is 11.5 Å². The van der Waals surface area contributed by atoms with Gasteiger partial charge in [0, 0.05) is 31.0 Å². The zero-order valence-electron chi connectivity index (χ0n) is 16.4. The Morgan fingerprint density at radius 3 is 2.73 bits per heavy atom. The molecule has 2 N–H and O–H groups in total. The SMILES string of the molecule is CC=C(Nc1ccn2cc(-c3ccccc3)nc2n1)c1nn[nH]c1C(=O)N1CCC1. The van der Waals surface area contributed by atoms with Crippen LogP contribution in [0.3, 0.4) is 0 Å². The second-order valence-corrected chi connectivity index (χ2v) is 7.02. The first-order valence-corrected chi connectivity index (χ1v) is 9.78. The number of carbonyl (C=O) groups excluding carboxylic acids is 1. The van der Waals surface area contributed by atoms with E-state index < -0.39 is 0 Å². The molecule has 0 atom stereocenters. The summed E-state index contributed by atoms with van der Waals surface area (Å²) in [5.41, 5.74) is 3.39. The number of amides is 1. The predicted octanol–water partition coefficient (Wildman–Crippen LogP) is 2.83. The number of aromatic nitrogens is 6. The van der Waals surface area contributed by atoms with E-state index in [0.717, 1.165) is 30.8 Å². The molecular formula is C21H20N8O. The zero-order chi connectivity index (χ0) is 20.5. The fourth-order valence-corrected chi connectivity index (χ4v) is 3.34. The van der Waals surface area contributed by atoms with E-state index in [1.54, 1.807) is 4.90 Å². The molecule has 1 aromatic carbocycles. The topological polar surface area (TPSA) is 104 Å². The van der Waals surface area contributed by atoms with Crippen molar-refractivity contribution in [3.63, 3.8) is 0 Å². The van der Waals surface area contributed by atoms with Gasteiger partial charge >= 0.3 is 0 Å². The molecule has 30 heavy (non-hydrogen) atoms. The Balaban J connectivity index is 1.42. The highest BCUT2D eigenvalue weighted by molar-refractivity contribution is 5.97. The van der Waals surface area contributed by atoms with Gasteiger partial charge in [-0.2, -0.15) is 4.98 Å². The number of carbonyl (C=O) groups is 1.